The van der Waals surface area contributed by atoms with Crippen molar-refractivity contribution in [2.75, 3.05) is 23.9 Å². The largest absolute Gasteiger partial charge is 0.497 e. The number of aromatic nitrogens is 3. The van der Waals surface area contributed by atoms with Crippen LogP contribution in [0.5, 0.6) is 5.75 Å². The predicted molar refractivity (Wildman–Crippen MR) is 109 cm³/mol. The molecule has 0 bridgehead atoms. The highest BCUT2D eigenvalue weighted by Crippen LogP contribution is 2.29. The van der Waals surface area contributed by atoms with E-state index >= 15 is 0 Å². The maximum Gasteiger partial charge on any atom is 0.275 e. The fraction of sp³-hybridized carbons (Fsp3) is 0.176. The molecule has 0 saturated carbocycles. The van der Waals surface area contributed by atoms with Gasteiger partial charge in [0.25, 0.3) is 5.56 Å². The second-order valence-electron chi connectivity index (χ2n) is 5.39. The van der Waals surface area contributed by atoms with Gasteiger partial charge in [-0.15, -0.1) is 6.58 Å². The molecule has 10 heteroatoms. The molecular weight excluding hydrogens is 386 g/mol. The third-order valence-corrected chi connectivity index (χ3v) is 5.42. The monoisotopic (exact) mass is 403 g/mol. The molecule has 2 aromatic heterocycles. The van der Waals surface area contributed by atoms with Crippen molar-refractivity contribution >= 4 is 50.2 Å². The molecule has 0 aliphatic heterocycles. The maximum absolute atomic E-state index is 12.3. The quantitative estimate of drug-likeness (QED) is 0.354. The summed E-state index contributed by atoms with van der Waals surface area (Å²) >= 11 is 2.48. The van der Waals surface area contributed by atoms with Crippen molar-refractivity contribution in [3.8, 4) is 5.75 Å². The van der Waals surface area contributed by atoms with Crippen LogP contribution in [0.1, 0.15) is 0 Å². The van der Waals surface area contributed by atoms with E-state index in [1.54, 1.807) is 17.8 Å². The van der Waals surface area contributed by atoms with E-state index in [-0.39, 0.29) is 17.5 Å². The molecule has 0 saturated heterocycles. The molecule has 0 aliphatic carbocycles. The Balaban J connectivity index is 1.70. The van der Waals surface area contributed by atoms with Gasteiger partial charge in [0.15, 0.2) is 10.3 Å². The number of carbonyl (C=O) groups is 1. The fourth-order valence-electron chi connectivity index (χ4n) is 2.30. The Bertz CT molecular complexity index is 1060. The van der Waals surface area contributed by atoms with Crippen LogP contribution in [0.2, 0.25) is 0 Å². The van der Waals surface area contributed by atoms with Crippen molar-refractivity contribution in [3.05, 3.63) is 47.3 Å². The van der Waals surface area contributed by atoms with Crippen LogP contribution in [-0.2, 0) is 11.3 Å². The van der Waals surface area contributed by atoms with Gasteiger partial charge in [-0.1, -0.05) is 29.2 Å². The molecule has 0 aliphatic rings. The number of hydrogen-bond donors (Lipinski definition) is 2. The third kappa shape index (κ3) is 4.47. The number of thiazole rings is 1. The number of ether oxygens (including phenoxy) is 1. The number of benzene rings is 1. The zero-order valence-corrected chi connectivity index (χ0v) is 16.1. The SMILES string of the molecule is C=CCn1c(N)cc(=O)nc1SCC(=O)Nc1nc2ccc(OC)cc2s1. The molecule has 0 unspecified atom stereocenters. The molecule has 0 fully saturated rings. The Kier molecular flexibility index (Phi) is 5.77. The molecule has 2 heterocycles. The van der Waals surface area contributed by atoms with Gasteiger partial charge in [-0.25, -0.2) is 4.98 Å². The van der Waals surface area contributed by atoms with Crippen LogP contribution in [0.3, 0.4) is 0 Å². The molecule has 3 N–H and O–H groups in total. The number of nitrogen functional groups attached to an aromatic ring is 1. The van der Waals surface area contributed by atoms with Gasteiger partial charge < -0.3 is 20.4 Å². The smallest absolute Gasteiger partial charge is 0.275 e. The zero-order valence-electron chi connectivity index (χ0n) is 14.5. The van der Waals surface area contributed by atoms with E-state index in [0.29, 0.717) is 16.8 Å². The number of methoxy groups -OCH3 is 1. The number of nitrogens with zero attached hydrogens (tertiary/aromatic N) is 3. The molecule has 8 nitrogen and oxygen atoms in total. The van der Waals surface area contributed by atoms with Gasteiger partial charge in [0.05, 0.1) is 23.1 Å². The lowest BCUT2D eigenvalue weighted by atomic mass is 10.3. The third-order valence-electron chi connectivity index (χ3n) is 3.51. The minimum atomic E-state index is -0.448. The van der Waals surface area contributed by atoms with Gasteiger partial charge in [0.2, 0.25) is 5.91 Å². The van der Waals surface area contributed by atoms with Crippen molar-refractivity contribution < 1.29 is 9.53 Å². The predicted octanol–water partition coefficient (Wildman–Crippen LogP) is 2.36. The van der Waals surface area contributed by atoms with Crippen LogP contribution in [0.15, 0.2) is 46.9 Å². The van der Waals surface area contributed by atoms with Crippen LogP contribution in [0, 0.1) is 0 Å². The van der Waals surface area contributed by atoms with Crippen molar-refractivity contribution in [3.63, 3.8) is 0 Å². The first-order valence-electron chi connectivity index (χ1n) is 7.85. The number of hydrogen-bond acceptors (Lipinski definition) is 8. The number of carbonyl (C=O) groups excluding carboxylic acids is 1. The first kappa shape index (κ1) is 18.9. The molecule has 0 spiro atoms. The first-order chi connectivity index (χ1) is 13.0. The maximum atomic E-state index is 12.3. The van der Waals surface area contributed by atoms with Gasteiger partial charge in [0.1, 0.15) is 11.6 Å². The number of nitrogens with two attached hydrogens (primary N) is 1. The molecule has 3 rings (SSSR count). The average Bonchev–Trinajstić information content (AvgIpc) is 3.03. The molecule has 140 valence electrons. The van der Waals surface area contributed by atoms with Gasteiger partial charge in [-0.05, 0) is 18.2 Å². The highest BCUT2D eigenvalue weighted by Gasteiger charge is 2.12. The second-order valence-corrected chi connectivity index (χ2v) is 7.36. The Labute approximate surface area is 163 Å². The molecule has 0 atom stereocenters. The summed E-state index contributed by atoms with van der Waals surface area (Å²) in [5.41, 5.74) is 6.18. The lowest BCUT2D eigenvalue weighted by Crippen LogP contribution is -2.19. The number of thioether (sulfide) groups is 1. The summed E-state index contributed by atoms with van der Waals surface area (Å²) in [6.07, 6.45) is 1.64. The molecule has 27 heavy (non-hydrogen) atoms. The van der Waals surface area contributed by atoms with E-state index in [4.69, 9.17) is 10.5 Å². The number of allylic oxidation sites excluding steroid dienone is 1. The fourth-order valence-corrected chi connectivity index (χ4v) is 4.03. The van der Waals surface area contributed by atoms with E-state index in [0.717, 1.165) is 27.7 Å². The summed E-state index contributed by atoms with van der Waals surface area (Å²) < 4.78 is 7.72. The molecule has 1 aromatic carbocycles. The standard InChI is InChI=1S/C17H17N5O3S2/c1-3-6-22-13(18)8-14(23)21-17(22)26-9-15(24)20-16-19-11-5-4-10(25-2)7-12(11)27-16/h3-5,7-8H,1,6,9,18H2,2H3,(H,19,20,24). The topological polar surface area (TPSA) is 112 Å². The molecule has 0 radical (unpaired) electrons. The van der Waals surface area contributed by atoms with Crippen LogP contribution in [0.4, 0.5) is 10.9 Å². The van der Waals surface area contributed by atoms with E-state index in [9.17, 15) is 9.59 Å². The van der Waals surface area contributed by atoms with Crippen LogP contribution < -0.4 is 21.3 Å². The van der Waals surface area contributed by atoms with Gasteiger partial charge in [-0.2, -0.15) is 4.98 Å². The van der Waals surface area contributed by atoms with Crippen molar-refractivity contribution in [2.45, 2.75) is 11.7 Å². The van der Waals surface area contributed by atoms with E-state index in [2.05, 4.69) is 21.9 Å². The summed E-state index contributed by atoms with van der Waals surface area (Å²) in [6.45, 7) is 4.05. The Morgan fingerprint density at radius 3 is 3.00 bits per heavy atom. The number of rotatable bonds is 7. The van der Waals surface area contributed by atoms with E-state index < -0.39 is 5.56 Å². The second kappa shape index (κ2) is 8.23. The van der Waals surface area contributed by atoms with Crippen molar-refractivity contribution in [1.29, 1.82) is 0 Å². The summed E-state index contributed by atoms with van der Waals surface area (Å²) in [5, 5.41) is 3.62. The van der Waals surface area contributed by atoms with Crippen LogP contribution in [0.25, 0.3) is 10.2 Å². The first-order valence-corrected chi connectivity index (χ1v) is 9.66. The lowest BCUT2D eigenvalue weighted by Gasteiger charge is -2.12. The van der Waals surface area contributed by atoms with Gasteiger partial charge >= 0.3 is 0 Å². The Hall–Kier alpha value is -2.85. The highest BCUT2D eigenvalue weighted by molar-refractivity contribution is 7.99. The number of nitrogens with one attached hydrogen (secondary N) is 1. The molecule has 3 aromatic rings. The lowest BCUT2D eigenvalue weighted by molar-refractivity contribution is -0.113. The average molecular weight is 403 g/mol. The van der Waals surface area contributed by atoms with Crippen LogP contribution in [-0.4, -0.2) is 33.3 Å². The minimum absolute atomic E-state index is 0.0618. The Morgan fingerprint density at radius 2 is 2.26 bits per heavy atom. The minimum Gasteiger partial charge on any atom is -0.497 e. The normalized spacial score (nSPS) is 10.7. The summed E-state index contributed by atoms with van der Waals surface area (Å²) in [6, 6.07) is 6.75. The van der Waals surface area contributed by atoms with Crippen molar-refractivity contribution in [2.24, 2.45) is 0 Å². The summed E-state index contributed by atoms with van der Waals surface area (Å²) in [5.74, 6) is 0.810. The number of amides is 1. The Morgan fingerprint density at radius 1 is 1.44 bits per heavy atom. The number of anilines is 2. The summed E-state index contributed by atoms with van der Waals surface area (Å²) in [4.78, 5) is 32.2. The van der Waals surface area contributed by atoms with E-state index in [1.807, 2.05) is 18.2 Å². The molecule has 1 amide bonds. The molecular formula is C17H17N5O3S2. The van der Waals surface area contributed by atoms with Crippen LogP contribution >= 0.6 is 23.1 Å². The zero-order chi connectivity index (χ0) is 19.4. The van der Waals surface area contributed by atoms with Gasteiger partial charge in [0, 0.05) is 12.6 Å². The number of fused-ring (bicyclic) bond motifs is 1. The van der Waals surface area contributed by atoms with Crippen molar-refractivity contribution in [1.82, 2.24) is 14.5 Å². The summed E-state index contributed by atoms with van der Waals surface area (Å²) in [7, 11) is 1.60. The van der Waals surface area contributed by atoms with Gasteiger partial charge in [-0.3, -0.25) is 9.59 Å². The highest BCUT2D eigenvalue weighted by atomic mass is 32.2. The van der Waals surface area contributed by atoms with E-state index in [1.165, 1.54) is 17.4 Å².